The molecular formula is C12H21NO2. The first-order chi connectivity index (χ1) is 7.36. The molecule has 0 bridgehead atoms. The molecule has 1 heterocycles. The van der Waals surface area contributed by atoms with E-state index in [2.05, 4.69) is 4.90 Å². The molecule has 0 aromatic heterocycles. The molecular weight excluding hydrogens is 190 g/mol. The van der Waals surface area contributed by atoms with Crippen molar-refractivity contribution in [1.29, 1.82) is 0 Å². The lowest BCUT2D eigenvalue weighted by Gasteiger charge is -2.30. The minimum absolute atomic E-state index is 0.528. The van der Waals surface area contributed by atoms with Gasteiger partial charge in [-0.2, -0.15) is 0 Å². The molecule has 3 rings (SSSR count). The zero-order chi connectivity index (χ0) is 10.1. The number of hydrogen-bond acceptors (Lipinski definition) is 3. The van der Waals surface area contributed by atoms with Gasteiger partial charge in [0.25, 0.3) is 0 Å². The third-order valence-electron chi connectivity index (χ3n) is 3.77. The van der Waals surface area contributed by atoms with Crippen molar-refractivity contribution in [3.8, 4) is 0 Å². The standard InChI is InChI=1S/C12H21NO2/c1-2-11(1)15-10-12(3-4-12)9-13-5-7-14-8-6-13/h11H,1-10H2. The summed E-state index contributed by atoms with van der Waals surface area (Å²) in [5.41, 5.74) is 0.528. The van der Waals surface area contributed by atoms with Crippen LogP contribution in [0.4, 0.5) is 0 Å². The summed E-state index contributed by atoms with van der Waals surface area (Å²) in [6.45, 7) is 6.31. The smallest absolute Gasteiger partial charge is 0.0594 e. The number of nitrogens with zero attached hydrogens (tertiary/aromatic N) is 1. The molecule has 3 nitrogen and oxygen atoms in total. The van der Waals surface area contributed by atoms with E-state index in [9.17, 15) is 0 Å². The molecule has 3 fully saturated rings. The van der Waals surface area contributed by atoms with E-state index in [0.717, 1.165) is 32.9 Å². The van der Waals surface area contributed by atoms with Gasteiger partial charge >= 0.3 is 0 Å². The van der Waals surface area contributed by atoms with Gasteiger partial charge in [0.2, 0.25) is 0 Å². The Kier molecular flexibility index (Phi) is 2.71. The van der Waals surface area contributed by atoms with Crippen molar-refractivity contribution in [3.05, 3.63) is 0 Å². The number of hydrogen-bond donors (Lipinski definition) is 0. The van der Waals surface area contributed by atoms with Gasteiger partial charge in [0, 0.05) is 25.0 Å². The Balaban J connectivity index is 1.43. The van der Waals surface area contributed by atoms with Crippen molar-refractivity contribution in [2.45, 2.75) is 31.8 Å². The second-order valence-corrected chi connectivity index (χ2v) is 5.40. The van der Waals surface area contributed by atoms with Crippen LogP contribution in [0, 0.1) is 5.41 Å². The Morgan fingerprint density at radius 3 is 2.53 bits per heavy atom. The summed E-state index contributed by atoms with van der Waals surface area (Å²) in [5.74, 6) is 0. The molecule has 0 spiro atoms. The van der Waals surface area contributed by atoms with Crippen molar-refractivity contribution in [2.24, 2.45) is 5.41 Å². The van der Waals surface area contributed by atoms with E-state index in [1.54, 1.807) is 0 Å². The molecule has 0 atom stereocenters. The first-order valence-corrected chi connectivity index (χ1v) is 6.28. The minimum Gasteiger partial charge on any atom is -0.379 e. The third kappa shape index (κ3) is 2.71. The second kappa shape index (κ2) is 4.04. The lowest BCUT2D eigenvalue weighted by molar-refractivity contribution is 0.00983. The molecule has 0 radical (unpaired) electrons. The van der Waals surface area contributed by atoms with Gasteiger partial charge in [0.1, 0.15) is 0 Å². The SMILES string of the molecule is C1CN(CC2(COC3CC3)CC2)CCO1. The third-order valence-corrected chi connectivity index (χ3v) is 3.77. The van der Waals surface area contributed by atoms with Crippen molar-refractivity contribution in [1.82, 2.24) is 4.90 Å². The van der Waals surface area contributed by atoms with Gasteiger partial charge in [-0.25, -0.2) is 0 Å². The summed E-state index contributed by atoms with van der Waals surface area (Å²) < 4.78 is 11.2. The van der Waals surface area contributed by atoms with E-state index in [-0.39, 0.29) is 0 Å². The first kappa shape index (κ1) is 10.1. The van der Waals surface area contributed by atoms with Crippen LogP contribution in [0.25, 0.3) is 0 Å². The van der Waals surface area contributed by atoms with Crippen molar-refractivity contribution in [2.75, 3.05) is 39.5 Å². The Morgan fingerprint density at radius 1 is 1.20 bits per heavy atom. The quantitative estimate of drug-likeness (QED) is 0.683. The lowest BCUT2D eigenvalue weighted by atomic mass is 10.1. The van der Waals surface area contributed by atoms with Gasteiger partial charge in [-0.05, 0) is 25.7 Å². The fourth-order valence-electron chi connectivity index (χ4n) is 2.29. The highest BCUT2D eigenvalue weighted by molar-refractivity contribution is 4.96. The maximum Gasteiger partial charge on any atom is 0.0594 e. The molecule has 0 unspecified atom stereocenters. The molecule has 1 saturated heterocycles. The zero-order valence-corrected chi connectivity index (χ0v) is 9.41. The van der Waals surface area contributed by atoms with Gasteiger partial charge in [-0.1, -0.05) is 0 Å². The van der Waals surface area contributed by atoms with Gasteiger partial charge in [-0.15, -0.1) is 0 Å². The van der Waals surface area contributed by atoms with Crippen molar-refractivity contribution < 1.29 is 9.47 Å². The minimum atomic E-state index is 0.528. The number of ether oxygens (including phenoxy) is 2. The molecule has 3 aliphatic rings. The predicted molar refractivity (Wildman–Crippen MR) is 57.9 cm³/mol. The average Bonchev–Trinajstić information content (AvgIpc) is 3.13. The molecule has 2 saturated carbocycles. The van der Waals surface area contributed by atoms with E-state index in [1.165, 1.54) is 32.2 Å². The van der Waals surface area contributed by atoms with E-state index in [4.69, 9.17) is 9.47 Å². The van der Waals surface area contributed by atoms with Crippen LogP contribution >= 0.6 is 0 Å². The molecule has 15 heavy (non-hydrogen) atoms. The molecule has 86 valence electrons. The van der Waals surface area contributed by atoms with Gasteiger partial charge in [0.05, 0.1) is 25.9 Å². The second-order valence-electron chi connectivity index (χ2n) is 5.40. The Labute approximate surface area is 91.7 Å². The Morgan fingerprint density at radius 2 is 1.93 bits per heavy atom. The van der Waals surface area contributed by atoms with Crippen LogP contribution < -0.4 is 0 Å². The summed E-state index contributed by atoms with van der Waals surface area (Å²) in [5, 5.41) is 0. The fourth-order valence-corrected chi connectivity index (χ4v) is 2.29. The largest absolute Gasteiger partial charge is 0.379 e. The van der Waals surface area contributed by atoms with E-state index in [1.807, 2.05) is 0 Å². The van der Waals surface area contributed by atoms with E-state index >= 15 is 0 Å². The molecule has 3 heteroatoms. The molecule has 0 aromatic carbocycles. The normalized spacial score (nSPS) is 30.4. The Bertz CT molecular complexity index is 218. The molecule has 0 N–H and O–H groups in total. The predicted octanol–water partition coefficient (Wildman–Crippen LogP) is 1.28. The van der Waals surface area contributed by atoms with Crippen molar-refractivity contribution >= 4 is 0 Å². The van der Waals surface area contributed by atoms with Crippen LogP contribution in [0.2, 0.25) is 0 Å². The summed E-state index contributed by atoms with van der Waals surface area (Å²) in [6, 6.07) is 0. The first-order valence-electron chi connectivity index (χ1n) is 6.28. The highest BCUT2D eigenvalue weighted by atomic mass is 16.5. The van der Waals surface area contributed by atoms with Gasteiger partial charge in [-0.3, -0.25) is 4.90 Å². The number of morpholine rings is 1. The number of rotatable bonds is 5. The van der Waals surface area contributed by atoms with Crippen LogP contribution in [-0.2, 0) is 9.47 Å². The average molecular weight is 211 g/mol. The maximum atomic E-state index is 5.86. The summed E-state index contributed by atoms with van der Waals surface area (Å²) in [6.07, 6.45) is 5.96. The molecule has 0 aromatic rings. The van der Waals surface area contributed by atoms with Crippen LogP contribution in [0.1, 0.15) is 25.7 Å². The topological polar surface area (TPSA) is 21.7 Å². The highest BCUT2D eigenvalue weighted by Crippen LogP contribution is 2.47. The zero-order valence-electron chi connectivity index (χ0n) is 9.41. The van der Waals surface area contributed by atoms with Gasteiger partial charge < -0.3 is 9.47 Å². The highest BCUT2D eigenvalue weighted by Gasteiger charge is 2.45. The van der Waals surface area contributed by atoms with Crippen LogP contribution in [0.5, 0.6) is 0 Å². The van der Waals surface area contributed by atoms with E-state index < -0.39 is 0 Å². The summed E-state index contributed by atoms with van der Waals surface area (Å²) in [4.78, 5) is 2.55. The Hall–Kier alpha value is -0.120. The molecule has 2 aliphatic carbocycles. The van der Waals surface area contributed by atoms with Crippen molar-refractivity contribution in [3.63, 3.8) is 0 Å². The van der Waals surface area contributed by atoms with Crippen LogP contribution in [0.15, 0.2) is 0 Å². The fraction of sp³-hybridized carbons (Fsp3) is 1.00. The van der Waals surface area contributed by atoms with Gasteiger partial charge in [0.15, 0.2) is 0 Å². The maximum absolute atomic E-state index is 5.86. The molecule has 1 aliphatic heterocycles. The summed E-state index contributed by atoms with van der Waals surface area (Å²) in [7, 11) is 0. The summed E-state index contributed by atoms with van der Waals surface area (Å²) >= 11 is 0. The van der Waals surface area contributed by atoms with Crippen LogP contribution in [-0.4, -0.2) is 50.5 Å². The monoisotopic (exact) mass is 211 g/mol. The van der Waals surface area contributed by atoms with E-state index in [0.29, 0.717) is 11.5 Å². The molecule has 0 amide bonds. The lowest BCUT2D eigenvalue weighted by Crippen LogP contribution is -2.41. The van der Waals surface area contributed by atoms with Crippen LogP contribution in [0.3, 0.4) is 0 Å².